The van der Waals surface area contributed by atoms with Crippen LogP contribution in [0.4, 0.5) is 11.4 Å². The zero-order valence-corrected chi connectivity index (χ0v) is 23.8. The molecule has 0 unspecified atom stereocenters. The number of amides is 2. The number of thiophene rings is 1. The fraction of sp³-hybridized carbons (Fsp3) is 0.517. The van der Waals surface area contributed by atoms with Crippen molar-refractivity contribution in [2.24, 2.45) is 5.92 Å². The van der Waals surface area contributed by atoms with Crippen LogP contribution in [-0.4, -0.2) is 69.4 Å². The lowest BCUT2D eigenvalue weighted by molar-refractivity contribution is -0.168. The van der Waals surface area contributed by atoms with Gasteiger partial charge < -0.3 is 40.4 Å². The minimum absolute atomic E-state index is 0.0120. The summed E-state index contributed by atoms with van der Waals surface area (Å²) in [6.45, 7) is 4.37. The summed E-state index contributed by atoms with van der Waals surface area (Å²) in [7, 11) is 0. The van der Waals surface area contributed by atoms with Gasteiger partial charge >= 0.3 is 0 Å². The van der Waals surface area contributed by atoms with E-state index < -0.39 is 6.29 Å². The van der Waals surface area contributed by atoms with Gasteiger partial charge in [-0.2, -0.15) is 11.3 Å². The summed E-state index contributed by atoms with van der Waals surface area (Å²) >= 11 is 1.60. The largest absolute Gasteiger partial charge is 0.459 e. The summed E-state index contributed by atoms with van der Waals surface area (Å²) in [5.41, 5.74) is 8.10. The van der Waals surface area contributed by atoms with Crippen LogP contribution in [0.3, 0.4) is 0 Å². The van der Waals surface area contributed by atoms with E-state index in [1.807, 2.05) is 30.5 Å². The molecular weight excluding hydrogens is 534 g/mol. The molecule has 0 aliphatic carbocycles. The van der Waals surface area contributed by atoms with Crippen LogP contribution in [0.1, 0.15) is 44.1 Å². The monoisotopic (exact) mass is 575 g/mol. The van der Waals surface area contributed by atoms with Gasteiger partial charge in [-0.05, 0) is 66.8 Å². The number of nitrogen functional groups attached to an aromatic ring is 1. The smallest absolute Gasteiger partial charge is 0.286 e. The first kappa shape index (κ1) is 31.6. The Morgan fingerprint density at radius 2 is 1.90 bits per heavy atom. The maximum atomic E-state index is 13.0. The Morgan fingerprint density at radius 1 is 1.10 bits per heavy atom. The highest BCUT2D eigenvalue weighted by atomic mass is 32.1. The molecule has 1 aliphatic heterocycles. The van der Waals surface area contributed by atoms with Gasteiger partial charge in [0.1, 0.15) is 0 Å². The Labute approximate surface area is 239 Å². The summed E-state index contributed by atoms with van der Waals surface area (Å²) in [6.07, 6.45) is 3.54. The molecule has 1 aromatic carbocycles. The number of carbonyl (C=O) groups is 2. The minimum Gasteiger partial charge on any atom is -0.459 e. The van der Waals surface area contributed by atoms with Crippen LogP contribution in [0.15, 0.2) is 52.9 Å². The summed E-state index contributed by atoms with van der Waals surface area (Å²) in [4.78, 5) is 25.2. The number of unbranched alkanes of at least 4 members (excludes halogenated alkanes) is 1. The topological polar surface area (TPSA) is 141 Å². The van der Waals surface area contributed by atoms with Gasteiger partial charge in [-0.25, -0.2) is 0 Å². The first-order valence-corrected chi connectivity index (χ1v) is 14.7. The molecule has 3 rings (SSSR count). The van der Waals surface area contributed by atoms with Crippen LogP contribution in [0.5, 0.6) is 0 Å². The van der Waals surface area contributed by atoms with Gasteiger partial charge in [0, 0.05) is 38.0 Å². The predicted molar refractivity (Wildman–Crippen MR) is 155 cm³/mol. The number of anilines is 2. The molecule has 1 aromatic heterocycles. The van der Waals surface area contributed by atoms with Crippen molar-refractivity contribution in [1.82, 2.24) is 5.32 Å². The maximum Gasteiger partial charge on any atom is 0.286 e. The molecule has 2 aromatic rings. The number of aliphatic hydroxyl groups excluding tert-OH is 1. The van der Waals surface area contributed by atoms with Crippen molar-refractivity contribution in [2.75, 3.05) is 57.2 Å². The number of rotatable bonds is 18. The normalized spacial score (nSPS) is 18.6. The molecule has 1 aliphatic rings. The first-order chi connectivity index (χ1) is 19.5. The van der Waals surface area contributed by atoms with Crippen LogP contribution in [0.2, 0.25) is 0 Å². The molecule has 5 N–H and O–H groups in total. The lowest BCUT2D eigenvalue weighted by Crippen LogP contribution is -2.39. The summed E-state index contributed by atoms with van der Waals surface area (Å²) < 4.78 is 23.0. The Hall–Kier alpha value is -2.96. The molecular formula is C29H41N3O7S. The number of carbonyl (C=O) groups excluding carboxylic acids is 2. The van der Waals surface area contributed by atoms with Crippen molar-refractivity contribution in [3.05, 3.63) is 58.5 Å². The van der Waals surface area contributed by atoms with E-state index in [1.165, 1.54) is 0 Å². The van der Waals surface area contributed by atoms with Crippen molar-refractivity contribution in [1.29, 1.82) is 0 Å². The van der Waals surface area contributed by atoms with Crippen molar-refractivity contribution in [3.8, 4) is 0 Å². The molecule has 220 valence electrons. The van der Waals surface area contributed by atoms with Crippen LogP contribution < -0.4 is 16.4 Å². The van der Waals surface area contributed by atoms with Gasteiger partial charge in [0.25, 0.3) is 5.91 Å². The predicted octanol–water partition coefficient (Wildman–Crippen LogP) is 3.65. The second-order valence-corrected chi connectivity index (χ2v) is 10.1. The van der Waals surface area contributed by atoms with Crippen LogP contribution >= 0.6 is 11.3 Å². The average molecular weight is 576 g/mol. The van der Waals surface area contributed by atoms with Crippen molar-refractivity contribution >= 4 is 34.5 Å². The summed E-state index contributed by atoms with van der Waals surface area (Å²) in [5, 5.41) is 18.6. The van der Waals surface area contributed by atoms with Gasteiger partial charge in [-0.1, -0.05) is 12.1 Å². The number of benzene rings is 1. The molecule has 40 heavy (non-hydrogen) atoms. The highest BCUT2D eigenvalue weighted by Gasteiger charge is 2.38. The molecule has 0 spiro atoms. The van der Waals surface area contributed by atoms with Crippen LogP contribution in [0.25, 0.3) is 0 Å². The minimum atomic E-state index is -0.594. The second-order valence-electron chi connectivity index (χ2n) is 9.30. The number of hydrogen-bond acceptors (Lipinski definition) is 9. The quantitative estimate of drug-likeness (QED) is 0.156. The molecule has 3 atom stereocenters. The van der Waals surface area contributed by atoms with E-state index in [4.69, 9.17) is 29.8 Å². The molecule has 11 heteroatoms. The number of para-hydroxylation sites is 2. The van der Waals surface area contributed by atoms with Gasteiger partial charge in [-0.15, -0.1) is 0 Å². The van der Waals surface area contributed by atoms with Crippen molar-refractivity contribution in [3.63, 3.8) is 0 Å². The highest BCUT2D eigenvalue weighted by molar-refractivity contribution is 7.08. The number of nitrogens with two attached hydrogens (primary N) is 1. The van der Waals surface area contributed by atoms with E-state index >= 15 is 0 Å². The molecule has 0 radical (unpaired) electrons. The molecule has 0 saturated heterocycles. The Morgan fingerprint density at radius 3 is 2.62 bits per heavy atom. The fourth-order valence-electron chi connectivity index (χ4n) is 4.41. The third-order valence-corrected chi connectivity index (χ3v) is 7.12. The van der Waals surface area contributed by atoms with E-state index in [0.29, 0.717) is 76.6 Å². The fourth-order valence-corrected chi connectivity index (χ4v) is 5.12. The first-order valence-electron chi connectivity index (χ1n) is 13.7. The van der Waals surface area contributed by atoms with E-state index in [1.54, 1.807) is 23.5 Å². The van der Waals surface area contributed by atoms with Gasteiger partial charge in [-0.3, -0.25) is 9.59 Å². The summed E-state index contributed by atoms with van der Waals surface area (Å²) in [5.74, 6) is -0.292. The van der Waals surface area contributed by atoms with Gasteiger partial charge in [0.05, 0.1) is 37.8 Å². The summed E-state index contributed by atoms with van der Waals surface area (Å²) in [6, 6.07) is 9.18. The maximum absolute atomic E-state index is 13.0. The van der Waals surface area contributed by atoms with Crippen LogP contribution in [0, 0.1) is 5.92 Å². The number of allylic oxidation sites excluding steroid dienone is 1. The third kappa shape index (κ3) is 10.2. The molecule has 0 fully saturated rings. The van der Waals surface area contributed by atoms with Gasteiger partial charge in [0.2, 0.25) is 12.2 Å². The van der Waals surface area contributed by atoms with E-state index in [9.17, 15) is 9.59 Å². The number of ether oxygens (including phenoxy) is 4. The number of nitrogens with one attached hydrogen (secondary N) is 2. The number of hydrogen-bond donors (Lipinski definition) is 4. The lowest BCUT2D eigenvalue weighted by Gasteiger charge is -2.36. The second kappa shape index (κ2) is 17.7. The SMILES string of the molecule is CCO[C@H]1OC(C(=O)NCCCCC(=O)Nc2ccccc2N)=C[C@@H](c2ccsc2)[C@@H]1CCOCCOCCO. The molecule has 0 saturated carbocycles. The van der Waals surface area contributed by atoms with Crippen molar-refractivity contribution in [2.45, 2.75) is 44.8 Å². The molecule has 0 bridgehead atoms. The highest BCUT2D eigenvalue weighted by Crippen LogP contribution is 2.39. The van der Waals surface area contributed by atoms with E-state index in [-0.39, 0.29) is 36.0 Å². The lowest BCUT2D eigenvalue weighted by atomic mass is 9.82. The molecule has 2 amide bonds. The van der Waals surface area contributed by atoms with E-state index in [2.05, 4.69) is 22.1 Å². The van der Waals surface area contributed by atoms with Crippen LogP contribution in [-0.2, 0) is 28.5 Å². The third-order valence-electron chi connectivity index (χ3n) is 6.42. The zero-order chi connectivity index (χ0) is 28.6. The molecule has 2 heterocycles. The number of aliphatic hydroxyl groups is 1. The average Bonchev–Trinajstić information content (AvgIpc) is 3.49. The van der Waals surface area contributed by atoms with E-state index in [0.717, 1.165) is 5.56 Å². The Balaban J connectivity index is 1.51. The van der Waals surface area contributed by atoms with Crippen molar-refractivity contribution < 1.29 is 33.6 Å². The zero-order valence-electron chi connectivity index (χ0n) is 23.0. The molecule has 10 nitrogen and oxygen atoms in total. The standard InChI is InChI=1S/C29H41N3O7S/c1-2-38-29-22(10-14-36-16-17-37-15-13-33)23(21-11-18-40-20-21)19-26(39-29)28(35)31-12-6-5-9-27(34)32-25-8-4-3-7-24(25)30/h3-4,7-8,11,18-20,22-23,29,33H,2,5-6,9-10,12-17,30H2,1H3,(H,31,35)(H,32,34)/t22-,23-,29-/m0/s1. The Bertz CT molecular complexity index is 1060. The Kier molecular flexibility index (Phi) is 13.9. The van der Waals surface area contributed by atoms with Gasteiger partial charge in [0.15, 0.2) is 5.76 Å².